The van der Waals surface area contributed by atoms with Gasteiger partial charge in [-0.3, -0.25) is 4.79 Å². The van der Waals surface area contributed by atoms with Gasteiger partial charge in [0.15, 0.2) is 0 Å². The Hall–Kier alpha value is -0.830. The molecule has 0 aliphatic carbocycles. The smallest absolute Gasteiger partial charge is 0.309 e. The predicted octanol–water partition coefficient (Wildman–Crippen LogP) is 3.75. The molecule has 1 rings (SSSR count). The summed E-state index contributed by atoms with van der Waals surface area (Å²) in [6.07, 6.45) is 0.732. The first-order valence-corrected chi connectivity index (χ1v) is 6.58. The van der Waals surface area contributed by atoms with Gasteiger partial charge < -0.3 is 4.74 Å². The van der Waals surface area contributed by atoms with E-state index in [9.17, 15) is 4.79 Å². The van der Waals surface area contributed by atoms with Gasteiger partial charge in [-0.1, -0.05) is 35.8 Å². The van der Waals surface area contributed by atoms with Gasteiger partial charge in [0.1, 0.15) is 0 Å². The first kappa shape index (κ1) is 14.2. The fourth-order valence-corrected chi connectivity index (χ4v) is 2.25. The number of esters is 1. The van der Waals surface area contributed by atoms with Crippen molar-refractivity contribution >= 4 is 21.9 Å². The summed E-state index contributed by atoms with van der Waals surface area (Å²) >= 11 is 3.46. The molecule has 1 unspecified atom stereocenters. The molecule has 0 aliphatic rings. The molecule has 2 nitrogen and oxygen atoms in total. The summed E-state index contributed by atoms with van der Waals surface area (Å²) in [7, 11) is 1.45. The third-order valence-corrected chi connectivity index (χ3v) is 3.55. The predicted molar refractivity (Wildman–Crippen MR) is 72.9 cm³/mol. The number of ether oxygens (including phenoxy) is 1. The Morgan fingerprint density at radius 3 is 2.59 bits per heavy atom. The lowest BCUT2D eigenvalue weighted by molar-refractivity contribution is -0.146. The van der Waals surface area contributed by atoms with Crippen LogP contribution in [0.25, 0.3) is 0 Å². The summed E-state index contributed by atoms with van der Waals surface area (Å²) in [5.74, 6) is 0.0770. The highest BCUT2D eigenvalue weighted by molar-refractivity contribution is 9.10. The van der Waals surface area contributed by atoms with Crippen LogP contribution in [0.3, 0.4) is 0 Å². The van der Waals surface area contributed by atoms with Crippen molar-refractivity contribution in [2.75, 3.05) is 7.11 Å². The van der Waals surface area contributed by atoms with Crippen molar-refractivity contribution in [3.63, 3.8) is 0 Å². The Labute approximate surface area is 111 Å². The normalized spacial score (nSPS) is 12.6. The van der Waals surface area contributed by atoms with Crippen LogP contribution < -0.4 is 0 Å². The second kappa shape index (κ2) is 6.20. The Balaban J connectivity index is 2.93. The second-order valence-electron chi connectivity index (χ2n) is 4.65. The standard InChI is InChI=1S/C14H19BrO2/c1-9(2)13(14(16)17-4)8-11-7-12(15)6-5-10(11)3/h5-7,9,13H,8H2,1-4H3. The number of carbonyl (C=O) groups is 1. The molecule has 0 saturated heterocycles. The van der Waals surface area contributed by atoms with E-state index in [1.54, 1.807) is 0 Å². The lowest BCUT2D eigenvalue weighted by Crippen LogP contribution is -2.24. The maximum absolute atomic E-state index is 11.7. The zero-order chi connectivity index (χ0) is 13.0. The van der Waals surface area contributed by atoms with E-state index in [1.165, 1.54) is 18.2 Å². The van der Waals surface area contributed by atoms with Gasteiger partial charge in [-0.2, -0.15) is 0 Å². The van der Waals surface area contributed by atoms with Crippen LogP contribution >= 0.6 is 15.9 Å². The maximum atomic E-state index is 11.7. The Morgan fingerprint density at radius 1 is 1.41 bits per heavy atom. The molecule has 1 aromatic rings. The summed E-state index contributed by atoms with van der Waals surface area (Å²) in [6.45, 7) is 6.17. The van der Waals surface area contributed by atoms with Gasteiger partial charge in [0, 0.05) is 4.47 Å². The Bertz CT molecular complexity index is 399. The first-order chi connectivity index (χ1) is 7.95. The number of aryl methyl sites for hydroxylation is 1. The molecule has 0 aliphatic heterocycles. The minimum Gasteiger partial charge on any atom is -0.469 e. The topological polar surface area (TPSA) is 26.3 Å². The van der Waals surface area contributed by atoms with Crippen molar-refractivity contribution in [2.45, 2.75) is 27.2 Å². The van der Waals surface area contributed by atoms with E-state index in [4.69, 9.17) is 4.74 Å². The van der Waals surface area contributed by atoms with Gasteiger partial charge in [0.05, 0.1) is 13.0 Å². The van der Waals surface area contributed by atoms with E-state index in [-0.39, 0.29) is 17.8 Å². The molecule has 0 radical (unpaired) electrons. The molecule has 0 aromatic heterocycles. The zero-order valence-corrected chi connectivity index (χ0v) is 12.4. The second-order valence-corrected chi connectivity index (χ2v) is 5.56. The summed E-state index contributed by atoms with van der Waals surface area (Å²) in [6, 6.07) is 6.16. The van der Waals surface area contributed by atoms with Gasteiger partial charge >= 0.3 is 5.97 Å². The first-order valence-electron chi connectivity index (χ1n) is 5.78. The van der Waals surface area contributed by atoms with E-state index >= 15 is 0 Å². The monoisotopic (exact) mass is 298 g/mol. The average Bonchev–Trinajstić information content (AvgIpc) is 2.28. The molecule has 0 saturated carbocycles. The van der Waals surface area contributed by atoms with Crippen molar-refractivity contribution in [2.24, 2.45) is 11.8 Å². The van der Waals surface area contributed by atoms with Crippen LogP contribution in [-0.2, 0) is 16.0 Å². The summed E-state index contributed by atoms with van der Waals surface area (Å²) in [4.78, 5) is 11.7. The van der Waals surface area contributed by atoms with Crippen molar-refractivity contribution in [1.82, 2.24) is 0 Å². The third-order valence-electron chi connectivity index (χ3n) is 3.06. The lowest BCUT2D eigenvalue weighted by Gasteiger charge is -2.19. The van der Waals surface area contributed by atoms with Crippen LogP contribution in [-0.4, -0.2) is 13.1 Å². The van der Waals surface area contributed by atoms with Crippen LogP contribution in [0.2, 0.25) is 0 Å². The third kappa shape index (κ3) is 3.84. The maximum Gasteiger partial charge on any atom is 0.309 e. The van der Waals surface area contributed by atoms with E-state index in [0.29, 0.717) is 0 Å². The molecule has 3 heteroatoms. The Morgan fingerprint density at radius 2 is 2.06 bits per heavy atom. The number of hydrogen-bond acceptors (Lipinski definition) is 2. The van der Waals surface area contributed by atoms with Crippen LogP contribution in [0.5, 0.6) is 0 Å². The minimum absolute atomic E-state index is 0.0759. The zero-order valence-electron chi connectivity index (χ0n) is 10.8. The lowest BCUT2D eigenvalue weighted by atomic mass is 9.88. The number of carbonyl (C=O) groups excluding carboxylic acids is 1. The van der Waals surface area contributed by atoms with Crippen molar-refractivity contribution in [1.29, 1.82) is 0 Å². The van der Waals surface area contributed by atoms with Crippen LogP contribution in [0.1, 0.15) is 25.0 Å². The molecule has 0 amide bonds. The molecular weight excluding hydrogens is 280 g/mol. The fraction of sp³-hybridized carbons (Fsp3) is 0.500. The van der Waals surface area contributed by atoms with Crippen LogP contribution in [0.15, 0.2) is 22.7 Å². The highest BCUT2D eigenvalue weighted by atomic mass is 79.9. The minimum atomic E-state index is -0.126. The summed E-state index contributed by atoms with van der Waals surface area (Å²) in [5, 5.41) is 0. The van der Waals surface area contributed by atoms with Crippen molar-refractivity contribution in [3.8, 4) is 0 Å². The quantitative estimate of drug-likeness (QED) is 0.792. The molecule has 94 valence electrons. The number of hydrogen-bond donors (Lipinski definition) is 0. The largest absolute Gasteiger partial charge is 0.469 e. The van der Waals surface area contributed by atoms with Gasteiger partial charge in [-0.25, -0.2) is 0 Å². The summed E-state index contributed by atoms with van der Waals surface area (Å²) < 4.78 is 5.91. The molecule has 0 heterocycles. The van der Waals surface area contributed by atoms with E-state index in [2.05, 4.69) is 48.8 Å². The Kier molecular flexibility index (Phi) is 5.19. The molecule has 0 bridgehead atoms. The van der Waals surface area contributed by atoms with Gasteiger partial charge in [0.2, 0.25) is 0 Å². The van der Waals surface area contributed by atoms with Gasteiger partial charge in [-0.15, -0.1) is 0 Å². The van der Waals surface area contributed by atoms with Crippen LogP contribution in [0.4, 0.5) is 0 Å². The van der Waals surface area contributed by atoms with Gasteiger partial charge in [-0.05, 0) is 42.5 Å². The highest BCUT2D eigenvalue weighted by Crippen LogP contribution is 2.23. The number of halogens is 1. The average molecular weight is 299 g/mol. The van der Waals surface area contributed by atoms with Gasteiger partial charge in [0.25, 0.3) is 0 Å². The fourth-order valence-electron chi connectivity index (χ4n) is 1.84. The molecule has 0 spiro atoms. The molecule has 0 fully saturated rings. The van der Waals surface area contributed by atoms with Crippen LogP contribution in [0, 0.1) is 18.8 Å². The van der Waals surface area contributed by atoms with Crippen molar-refractivity contribution in [3.05, 3.63) is 33.8 Å². The molecule has 0 N–H and O–H groups in total. The van der Waals surface area contributed by atoms with E-state index in [1.807, 2.05) is 6.07 Å². The van der Waals surface area contributed by atoms with E-state index < -0.39 is 0 Å². The summed E-state index contributed by atoms with van der Waals surface area (Å²) in [5.41, 5.74) is 2.41. The molecule has 1 aromatic carbocycles. The SMILES string of the molecule is COC(=O)C(Cc1cc(Br)ccc1C)C(C)C. The number of methoxy groups -OCH3 is 1. The highest BCUT2D eigenvalue weighted by Gasteiger charge is 2.23. The number of benzene rings is 1. The van der Waals surface area contributed by atoms with Crippen molar-refractivity contribution < 1.29 is 9.53 Å². The number of rotatable bonds is 4. The molecule has 1 atom stereocenters. The molecular formula is C14H19BrO2. The molecule has 17 heavy (non-hydrogen) atoms. The van der Waals surface area contributed by atoms with E-state index in [0.717, 1.165) is 10.9 Å².